The van der Waals surface area contributed by atoms with Crippen molar-refractivity contribution in [3.63, 3.8) is 0 Å². The molecule has 148 valence electrons. The van der Waals surface area contributed by atoms with Gasteiger partial charge in [0.1, 0.15) is 3.74 Å². The van der Waals surface area contributed by atoms with Gasteiger partial charge in [-0.2, -0.15) is 14.0 Å². The Bertz CT molecular complexity index is 862. The molecule has 0 aliphatic rings. The van der Waals surface area contributed by atoms with Crippen LogP contribution in [0.3, 0.4) is 0 Å². The van der Waals surface area contributed by atoms with Crippen molar-refractivity contribution in [2.45, 2.75) is 40.9 Å². The third-order valence-electron chi connectivity index (χ3n) is 4.37. The van der Waals surface area contributed by atoms with E-state index in [4.69, 9.17) is 3.74 Å². The second kappa shape index (κ2) is 7.87. The van der Waals surface area contributed by atoms with Gasteiger partial charge in [-0.25, -0.2) is 0 Å². The molecular weight excluding hydrogens is 396 g/mol. The second-order valence-corrected chi connectivity index (χ2v) is 11.2. The van der Waals surface area contributed by atoms with Crippen LogP contribution in [0.1, 0.15) is 26.3 Å². The minimum absolute atomic E-state index is 0.0558. The van der Waals surface area contributed by atoms with E-state index in [9.17, 15) is 14.0 Å². The summed E-state index contributed by atoms with van der Waals surface area (Å²) in [5, 5.41) is 0. The van der Waals surface area contributed by atoms with E-state index in [-0.39, 0.29) is 5.41 Å². The minimum atomic E-state index is -4.66. The Labute approximate surface area is 169 Å². The molecule has 0 fully saturated rings. The largest absolute Gasteiger partial charge is 0.182 e. The Morgan fingerprint density at radius 2 is 1.04 bits per heavy atom. The molecule has 0 saturated carbocycles. The Balaban J connectivity index is 2.29. The molecular formula is C22H23ClO4S. The van der Waals surface area contributed by atoms with Crippen molar-refractivity contribution in [1.82, 2.24) is 0 Å². The highest BCUT2D eigenvalue weighted by molar-refractivity contribution is 8.29. The maximum atomic E-state index is 11.8. The summed E-state index contributed by atoms with van der Waals surface area (Å²) in [5.74, 6) is 0. The van der Waals surface area contributed by atoms with Crippen LogP contribution in [-0.4, -0.2) is 0 Å². The Hall–Kier alpha value is -1.86. The van der Waals surface area contributed by atoms with E-state index in [0.29, 0.717) is 14.7 Å². The molecule has 28 heavy (non-hydrogen) atoms. The molecule has 0 saturated heterocycles. The molecule has 3 rings (SSSR count). The van der Waals surface area contributed by atoms with Crippen LogP contribution in [0.15, 0.2) is 99.6 Å². The van der Waals surface area contributed by atoms with Gasteiger partial charge >= 0.3 is 0 Å². The maximum Gasteiger partial charge on any atom is 0.134 e. The summed E-state index contributed by atoms with van der Waals surface area (Å²) in [5.41, 5.74) is 1.05. The number of hydrogen-bond acceptors (Lipinski definition) is 4. The number of benzene rings is 3. The molecule has 6 heteroatoms. The lowest BCUT2D eigenvalue weighted by atomic mass is 9.87. The highest BCUT2D eigenvalue weighted by Gasteiger charge is 2.46. The van der Waals surface area contributed by atoms with Crippen LogP contribution in [0.2, 0.25) is 0 Å². The molecule has 0 unspecified atom stereocenters. The maximum absolute atomic E-state index is 11.8. The second-order valence-electron chi connectivity index (χ2n) is 7.40. The monoisotopic (exact) mass is 418 g/mol. The van der Waals surface area contributed by atoms with Gasteiger partial charge in [0.05, 0.1) is 20.6 Å². The summed E-state index contributed by atoms with van der Waals surface area (Å²) in [6.07, 6.45) is 0. The fourth-order valence-corrected chi connectivity index (χ4v) is 7.22. The number of rotatable bonds is 5. The SMILES string of the molecule is CC(C)(C)c1ccc(S(O[Cl+3]([O-])([O-])[O-])(c2ccccc2)c2ccccc2)cc1. The van der Waals surface area contributed by atoms with Crippen LogP contribution < -0.4 is 14.0 Å². The first kappa shape index (κ1) is 20.9. The predicted octanol–water partition coefficient (Wildman–Crippen LogP) is 3.09. The zero-order valence-electron chi connectivity index (χ0n) is 16.0. The Morgan fingerprint density at radius 1 is 0.643 bits per heavy atom. The normalized spacial score (nSPS) is 13.4. The van der Waals surface area contributed by atoms with Crippen LogP contribution in [0.25, 0.3) is 0 Å². The van der Waals surface area contributed by atoms with Crippen molar-refractivity contribution in [3.8, 4) is 0 Å². The first-order chi connectivity index (χ1) is 13.1. The van der Waals surface area contributed by atoms with Crippen LogP contribution in [0, 0.1) is 10.2 Å². The summed E-state index contributed by atoms with van der Waals surface area (Å²) >= 11 is 0. The summed E-state index contributed by atoms with van der Waals surface area (Å²) in [6.45, 7) is 6.31. The summed E-state index contributed by atoms with van der Waals surface area (Å²) < 4.78 is 40.8. The van der Waals surface area contributed by atoms with Gasteiger partial charge in [-0.1, -0.05) is 69.3 Å². The Kier molecular flexibility index (Phi) is 5.87. The first-order valence-electron chi connectivity index (χ1n) is 8.79. The fraction of sp³-hybridized carbons (Fsp3) is 0.182. The molecule has 0 aromatic heterocycles. The molecule has 0 atom stereocenters. The van der Waals surface area contributed by atoms with Crippen molar-refractivity contribution in [3.05, 3.63) is 90.5 Å². The molecule has 3 aromatic rings. The molecule has 0 amide bonds. The average Bonchev–Trinajstić information content (AvgIpc) is 2.66. The summed E-state index contributed by atoms with van der Waals surface area (Å²) in [7, 11) is -7.43. The molecule has 0 aliphatic carbocycles. The van der Waals surface area contributed by atoms with Gasteiger partial charge in [0.2, 0.25) is 0 Å². The molecule has 0 heterocycles. The van der Waals surface area contributed by atoms with Gasteiger partial charge < -0.3 is 0 Å². The average molecular weight is 419 g/mol. The van der Waals surface area contributed by atoms with Crippen LogP contribution in [-0.2, 0) is 9.15 Å². The van der Waals surface area contributed by atoms with Crippen LogP contribution in [0.5, 0.6) is 0 Å². The number of hydrogen-bond donors (Lipinski definition) is 0. The van der Waals surface area contributed by atoms with Crippen molar-refractivity contribution in [2.24, 2.45) is 0 Å². The number of halogens is 1. The third kappa shape index (κ3) is 4.41. The zero-order chi connectivity index (χ0) is 20.4. The van der Waals surface area contributed by atoms with Gasteiger partial charge in [-0.05, 0) is 47.4 Å². The highest BCUT2D eigenvalue weighted by atomic mass is 35.7. The lowest BCUT2D eigenvalue weighted by Gasteiger charge is -2.35. The molecule has 3 aromatic carbocycles. The van der Waals surface area contributed by atoms with Crippen LogP contribution >= 0.6 is 10.3 Å². The molecule has 0 N–H and O–H groups in total. The van der Waals surface area contributed by atoms with E-state index in [1.807, 2.05) is 36.4 Å². The van der Waals surface area contributed by atoms with Gasteiger partial charge in [-0.15, -0.1) is 0 Å². The summed E-state index contributed by atoms with van der Waals surface area (Å²) in [4.78, 5) is 1.91. The van der Waals surface area contributed by atoms with E-state index in [1.54, 1.807) is 48.5 Å². The van der Waals surface area contributed by atoms with E-state index < -0.39 is 20.6 Å². The van der Waals surface area contributed by atoms with Gasteiger partial charge in [0, 0.05) is 14.7 Å². The topological polar surface area (TPSA) is 78.4 Å². The minimum Gasteiger partial charge on any atom is -0.182 e. The smallest absolute Gasteiger partial charge is 0.134 e. The molecule has 0 spiro atoms. The van der Waals surface area contributed by atoms with Crippen molar-refractivity contribution in [2.75, 3.05) is 0 Å². The van der Waals surface area contributed by atoms with Gasteiger partial charge in [-0.3, -0.25) is 0 Å². The molecule has 0 bridgehead atoms. The van der Waals surface area contributed by atoms with E-state index in [1.165, 1.54) is 0 Å². The highest BCUT2D eigenvalue weighted by Crippen LogP contribution is 2.70. The van der Waals surface area contributed by atoms with E-state index in [2.05, 4.69) is 20.8 Å². The first-order valence-corrected chi connectivity index (χ1v) is 11.6. The van der Waals surface area contributed by atoms with E-state index in [0.717, 1.165) is 5.56 Å². The molecule has 0 aliphatic heterocycles. The van der Waals surface area contributed by atoms with Gasteiger partial charge in [0.25, 0.3) is 0 Å². The lowest BCUT2D eigenvalue weighted by molar-refractivity contribution is -1.91. The van der Waals surface area contributed by atoms with Crippen molar-refractivity contribution in [1.29, 1.82) is 0 Å². The Morgan fingerprint density at radius 3 is 1.39 bits per heavy atom. The van der Waals surface area contributed by atoms with Gasteiger partial charge in [0.15, 0.2) is 0 Å². The lowest BCUT2D eigenvalue weighted by Crippen LogP contribution is -2.61. The van der Waals surface area contributed by atoms with Crippen molar-refractivity contribution >= 4 is 10.3 Å². The zero-order valence-corrected chi connectivity index (χ0v) is 17.6. The molecule has 4 nitrogen and oxygen atoms in total. The summed E-state index contributed by atoms with van der Waals surface area (Å²) in [6, 6.07) is 25.7. The fourth-order valence-electron chi connectivity index (χ4n) is 3.00. The predicted molar refractivity (Wildman–Crippen MR) is 102 cm³/mol. The standard InChI is InChI=1S/C22H23ClO4S/c1-22(2,3)18-14-16-21(17-15-18)28(27-23(24,25)26,19-10-6-4-7-11-19)20-12-8-5-9-13-20/h4-17H,1-3H3. The molecule has 0 radical (unpaired) electrons. The van der Waals surface area contributed by atoms with Crippen LogP contribution in [0.4, 0.5) is 0 Å². The quantitative estimate of drug-likeness (QED) is 0.637. The van der Waals surface area contributed by atoms with E-state index >= 15 is 0 Å². The van der Waals surface area contributed by atoms with Crippen molar-refractivity contribution < 1.29 is 28.0 Å². The third-order valence-corrected chi connectivity index (χ3v) is 8.56.